The van der Waals surface area contributed by atoms with Crippen LogP contribution in [-0.4, -0.2) is 17.0 Å². The highest BCUT2D eigenvalue weighted by Gasteiger charge is 2.23. The van der Waals surface area contributed by atoms with Gasteiger partial charge in [-0.05, 0) is 36.2 Å². The molecule has 4 aromatic rings. The Balaban J connectivity index is 1.64. The average molecular weight is 400 g/mol. The van der Waals surface area contributed by atoms with E-state index in [-0.39, 0.29) is 11.7 Å². The van der Waals surface area contributed by atoms with E-state index in [1.165, 1.54) is 0 Å². The number of aryl methyl sites for hydroxylation is 1. The highest BCUT2D eigenvalue weighted by atomic mass is 16.5. The Kier molecular flexibility index (Phi) is 5.32. The Morgan fingerprint density at radius 1 is 0.900 bits per heavy atom. The normalized spacial score (nSPS) is 11.8. The fourth-order valence-electron chi connectivity index (χ4n) is 3.58. The predicted molar refractivity (Wildman–Crippen MR) is 114 cm³/mol. The van der Waals surface area contributed by atoms with Crippen molar-refractivity contribution in [3.63, 3.8) is 0 Å². The molecular weight excluding hydrogens is 380 g/mol. The van der Waals surface area contributed by atoms with Crippen LogP contribution in [-0.2, 0) is 4.79 Å². The summed E-state index contributed by atoms with van der Waals surface area (Å²) in [5.41, 5.74) is 5.02. The maximum atomic E-state index is 12.8. The Morgan fingerprint density at radius 3 is 2.33 bits per heavy atom. The third-order valence-electron chi connectivity index (χ3n) is 5.03. The van der Waals surface area contributed by atoms with Crippen LogP contribution in [0.1, 0.15) is 33.2 Å². The van der Waals surface area contributed by atoms with Crippen LogP contribution >= 0.6 is 0 Å². The first kappa shape index (κ1) is 19.4. The number of furan rings is 1. The van der Waals surface area contributed by atoms with Gasteiger partial charge in [0.2, 0.25) is 0 Å². The van der Waals surface area contributed by atoms with E-state index in [1.54, 1.807) is 29.7 Å². The van der Waals surface area contributed by atoms with E-state index in [0.29, 0.717) is 16.8 Å². The molecular formula is C24H20N2O4. The summed E-state index contributed by atoms with van der Waals surface area (Å²) >= 11 is 0. The molecule has 1 unspecified atom stereocenters. The van der Waals surface area contributed by atoms with Gasteiger partial charge >= 0.3 is 0 Å². The molecule has 6 nitrogen and oxygen atoms in total. The molecule has 0 saturated heterocycles. The second-order valence-electron chi connectivity index (χ2n) is 6.95. The van der Waals surface area contributed by atoms with E-state index in [0.717, 1.165) is 16.5 Å². The van der Waals surface area contributed by atoms with Gasteiger partial charge in [-0.2, -0.15) is 0 Å². The van der Waals surface area contributed by atoms with Gasteiger partial charge in [-0.3, -0.25) is 14.8 Å². The molecule has 0 saturated carbocycles. The molecule has 0 spiro atoms. The van der Waals surface area contributed by atoms with Crippen molar-refractivity contribution in [2.75, 3.05) is 5.32 Å². The zero-order valence-corrected chi connectivity index (χ0v) is 16.3. The van der Waals surface area contributed by atoms with Gasteiger partial charge in [-0.25, -0.2) is 5.48 Å². The Bertz CT molecular complexity index is 1210. The van der Waals surface area contributed by atoms with Gasteiger partial charge in [-0.15, -0.1) is 0 Å². The summed E-state index contributed by atoms with van der Waals surface area (Å²) in [7, 11) is 0. The number of carbonyl (C=O) groups is 2. The second-order valence-corrected chi connectivity index (χ2v) is 6.95. The van der Waals surface area contributed by atoms with Crippen LogP contribution in [0.2, 0.25) is 0 Å². The number of nitrogens with one attached hydrogen (secondary N) is 2. The summed E-state index contributed by atoms with van der Waals surface area (Å²) in [6, 6.07) is 23.5. The Labute approximate surface area is 173 Å². The lowest BCUT2D eigenvalue weighted by molar-refractivity contribution is -0.129. The van der Waals surface area contributed by atoms with Gasteiger partial charge < -0.3 is 9.73 Å². The fourth-order valence-corrected chi connectivity index (χ4v) is 3.58. The van der Waals surface area contributed by atoms with Gasteiger partial charge in [0.15, 0.2) is 5.76 Å². The summed E-state index contributed by atoms with van der Waals surface area (Å²) in [4.78, 5) is 25.2. The number of hydrogen-bond acceptors (Lipinski definition) is 4. The molecule has 0 aliphatic carbocycles. The van der Waals surface area contributed by atoms with E-state index in [1.807, 2.05) is 61.5 Å². The maximum Gasteiger partial charge on any atom is 0.291 e. The fraction of sp³-hybridized carbons (Fsp3) is 0.0833. The zero-order chi connectivity index (χ0) is 21.1. The lowest BCUT2D eigenvalue weighted by Gasteiger charge is -2.17. The van der Waals surface area contributed by atoms with E-state index >= 15 is 0 Å². The van der Waals surface area contributed by atoms with Crippen molar-refractivity contribution < 1.29 is 19.2 Å². The number of rotatable bonds is 5. The highest BCUT2D eigenvalue weighted by Crippen LogP contribution is 2.28. The SMILES string of the molecule is Cc1c(C(=O)Nc2cccc(C(C(=O)NO)c3ccccc3)c2)oc2ccccc12. The minimum atomic E-state index is -0.721. The van der Waals surface area contributed by atoms with Gasteiger partial charge in [0.1, 0.15) is 5.58 Å². The molecule has 1 heterocycles. The summed E-state index contributed by atoms with van der Waals surface area (Å²) < 4.78 is 5.73. The van der Waals surface area contributed by atoms with Crippen LogP contribution in [0.15, 0.2) is 83.3 Å². The molecule has 4 rings (SSSR count). The van der Waals surface area contributed by atoms with E-state index in [2.05, 4.69) is 5.32 Å². The molecule has 0 aliphatic rings. The van der Waals surface area contributed by atoms with Crippen LogP contribution < -0.4 is 10.8 Å². The molecule has 2 amide bonds. The average Bonchev–Trinajstić information content (AvgIpc) is 3.12. The molecule has 6 heteroatoms. The number of benzene rings is 3. The van der Waals surface area contributed by atoms with Crippen molar-refractivity contribution in [3.8, 4) is 0 Å². The summed E-state index contributed by atoms with van der Waals surface area (Å²) in [5, 5.41) is 12.9. The van der Waals surface area contributed by atoms with Crippen molar-refractivity contribution in [2.24, 2.45) is 0 Å². The number of hydrogen-bond donors (Lipinski definition) is 3. The zero-order valence-electron chi connectivity index (χ0n) is 16.3. The maximum absolute atomic E-state index is 12.8. The van der Waals surface area contributed by atoms with Crippen LogP contribution in [0.4, 0.5) is 5.69 Å². The molecule has 0 fully saturated rings. The second kappa shape index (κ2) is 8.23. The number of fused-ring (bicyclic) bond motifs is 1. The molecule has 3 aromatic carbocycles. The Hall–Kier alpha value is -3.90. The molecule has 1 aromatic heterocycles. The third kappa shape index (κ3) is 3.68. The van der Waals surface area contributed by atoms with Gasteiger partial charge in [0.25, 0.3) is 11.8 Å². The third-order valence-corrected chi connectivity index (χ3v) is 5.03. The summed E-state index contributed by atoms with van der Waals surface area (Å²) in [6.07, 6.45) is 0. The number of carbonyl (C=O) groups excluding carboxylic acids is 2. The molecule has 150 valence electrons. The number of hydroxylamine groups is 1. The number of anilines is 1. The lowest BCUT2D eigenvalue weighted by Crippen LogP contribution is -2.27. The highest BCUT2D eigenvalue weighted by molar-refractivity contribution is 6.06. The standard InChI is InChI=1S/C24H20N2O4/c1-15-19-12-5-6-13-20(19)30-22(15)24(28)25-18-11-7-10-17(14-18)21(23(27)26-29)16-8-3-2-4-9-16/h2-14,21,29H,1H3,(H,25,28)(H,26,27). The molecule has 3 N–H and O–H groups in total. The van der Waals surface area contributed by atoms with Crippen LogP contribution in [0.5, 0.6) is 0 Å². The number of amides is 2. The topological polar surface area (TPSA) is 91.6 Å². The van der Waals surface area contributed by atoms with Crippen molar-refractivity contribution in [3.05, 3.63) is 101 Å². The summed E-state index contributed by atoms with van der Waals surface area (Å²) in [5.74, 6) is -1.41. The van der Waals surface area contributed by atoms with Crippen molar-refractivity contribution in [1.29, 1.82) is 0 Å². The first-order valence-corrected chi connectivity index (χ1v) is 9.47. The van der Waals surface area contributed by atoms with Crippen molar-refractivity contribution >= 4 is 28.5 Å². The predicted octanol–water partition coefficient (Wildman–Crippen LogP) is 4.63. The lowest BCUT2D eigenvalue weighted by atomic mass is 9.90. The molecule has 0 aliphatic heterocycles. The molecule has 0 radical (unpaired) electrons. The Morgan fingerprint density at radius 2 is 1.60 bits per heavy atom. The van der Waals surface area contributed by atoms with E-state index in [9.17, 15) is 14.8 Å². The van der Waals surface area contributed by atoms with Gasteiger partial charge in [0.05, 0.1) is 5.92 Å². The molecule has 1 atom stereocenters. The van der Waals surface area contributed by atoms with Crippen molar-refractivity contribution in [1.82, 2.24) is 5.48 Å². The van der Waals surface area contributed by atoms with Gasteiger partial charge in [-0.1, -0.05) is 60.7 Å². The van der Waals surface area contributed by atoms with E-state index < -0.39 is 11.8 Å². The van der Waals surface area contributed by atoms with Crippen LogP contribution in [0, 0.1) is 6.92 Å². The molecule has 0 bridgehead atoms. The molecule has 30 heavy (non-hydrogen) atoms. The minimum Gasteiger partial charge on any atom is -0.451 e. The van der Waals surface area contributed by atoms with E-state index in [4.69, 9.17) is 4.42 Å². The largest absolute Gasteiger partial charge is 0.451 e. The van der Waals surface area contributed by atoms with Crippen molar-refractivity contribution in [2.45, 2.75) is 12.8 Å². The summed E-state index contributed by atoms with van der Waals surface area (Å²) in [6.45, 7) is 1.84. The monoisotopic (exact) mass is 400 g/mol. The minimum absolute atomic E-state index is 0.245. The quantitative estimate of drug-likeness (QED) is 0.336. The van der Waals surface area contributed by atoms with Gasteiger partial charge in [0, 0.05) is 16.6 Å². The van der Waals surface area contributed by atoms with Crippen LogP contribution in [0.25, 0.3) is 11.0 Å². The first-order valence-electron chi connectivity index (χ1n) is 9.47. The van der Waals surface area contributed by atoms with Crippen LogP contribution in [0.3, 0.4) is 0 Å². The smallest absolute Gasteiger partial charge is 0.291 e. The first-order chi connectivity index (χ1) is 14.6. The number of para-hydroxylation sites is 1.